The van der Waals surface area contributed by atoms with Gasteiger partial charge >= 0.3 is 12.1 Å². The minimum atomic E-state index is -1.14. The molecule has 0 spiro atoms. The van der Waals surface area contributed by atoms with Gasteiger partial charge in [-0.2, -0.15) is 0 Å². The van der Waals surface area contributed by atoms with Crippen LogP contribution in [-0.4, -0.2) is 45.1 Å². The second kappa shape index (κ2) is 10.1. The van der Waals surface area contributed by atoms with E-state index in [4.69, 9.17) is 4.74 Å². The molecule has 0 unspecified atom stereocenters. The van der Waals surface area contributed by atoms with Gasteiger partial charge in [-0.3, -0.25) is 4.79 Å². The number of amides is 2. The number of carbonyl (C=O) groups excluding carboxylic acids is 2. The summed E-state index contributed by atoms with van der Waals surface area (Å²) in [6.45, 7) is 3.42. The van der Waals surface area contributed by atoms with Crippen LogP contribution in [0.15, 0.2) is 42.9 Å². The van der Waals surface area contributed by atoms with Gasteiger partial charge in [0.1, 0.15) is 18.7 Å². The number of aliphatic carboxylic acids is 1. The Hall–Kier alpha value is -3.36. The standard InChI is InChI=1S/C19H24N4O5/c1-12(2)16(18(25)26)23-17(24)15(8-14-9-20-11-21-14)22-19(27)28-10-13-6-4-3-5-7-13/h3-7,9,11-12,15-16H,8,10H2,1-2H3,(H,20,21)(H,22,27)(H,23,24)(H,25,26)/t15-,16-/m1/s1. The van der Waals surface area contributed by atoms with Gasteiger partial charge in [0.15, 0.2) is 0 Å². The maximum absolute atomic E-state index is 12.6. The normalized spacial score (nSPS) is 12.8. The number of carbonyl (C=O) groups is 3. The molecular formula is C19H24N4O5. The quantitative estimate of drug-likeness (QED) is 0.514. The van der Waals surface area contributed by atoms with Crippen LogP contribution in [0.3, 0.4) is 0 Å². The summed E-state index contributed by atoms with van der Waals surface area (Å²) in [5.41, 5.74) is 1.41. The van der Waals surface area contributed by atoms with E-state index in [0.29, 0.717) is 5.69 Å². The molecule has 1 aromatic carbocycles. The van der Waals surface area contributed by atoms with Crippen LogP contribution in [0, 0.1) is 5.92 Å². The van der Waals surface area contributed by atoms with Crippen LogP contribution in [0.2, 0.25) is 0 Å². The van der Waals surface area contributed by atoms with E-state index in [1.165, 1.54) is 12.5 Å². The number of nitrogens with zero attached hydrogens (tertiary/aromatic N) is 1. The predicted octanol–water partition coefficient (Wildman–Crippen LogP) is 1.47. The van der Waals surface area contributed by atoms with Crippen LogP contribution in [0.25, 0.3) is 0 Å². The van der Waals surface area contributed by atoms with E-state index in [9.17, 15) is 19.5 Å². The van der Waals surface area contributed by atoms with Crippen molar-refractivity contribution in [3.05, 3.63) is 54.1 Å². The minimum absolute atomic E-state index is 0.0504. The molecule has 9 heteroatoms. The zero-order valence-corrected chi connectivity index (χ0v) is 15.7. The van der Waals surface area contributed by atoms with Crippen molar-refractivity contribution in [1.29, 1.82) is 0 Å². The van der Waals surface area contributed by atoms with E-state index in [0.717, 1.165) is 5.56 Å². The lowest BCUT2D eigenvalue weighted by Gasteiger charge is -2.22. The fraction of sp³-hybridized carbons (Fsp3) is 0.368. The highest BCUT2D eigenvalue weighted by Gasteiger charge is 2.29. The first kappa shape index (κ1) is 20.9. The lowest BCUT2D eigenvalue weighted by molar-refractivity contribution is -0.143. The van der Waals surface area contributed by atoms with Crippen LogP contribution in [0.5, 0.6) is 0 Å². The first-order valence-corrected chi connectivity index (χ1v) is 8.84. The maximum atomic E-state index is 12.6. The Morgan fingerprint density at radius 3 is 2.46 bits per heavy atom. The number of carboxylic acid groups (broad SMARTS) is 1. The molecule has 2 amide bonds. The zero-order valence-electron chi connectivity index (χ0n) is 15.7. The molecule has 0 fully saturated rings. The second-order valence-electron chi connectivity index (χ2n) is 6.61. The molecular weight excluding hydrogens is 364 g/mol. The van der Waals surface area contributed by atoms with Crippen LogP contribution in [0.4, 0.5) is 4.79 Å². The smallest absolute Gasteiger partial charge is 0.408 e. The maximum Gasteiger partial charge on any atom is 0.408 e. The fourth-order valence-corrected chi connectivity index (χ4v) is 2.50. The highest BCUT2D eigenvalue weighted by atomic mass is 16.5. The van der Waals surface area contributed by atoms with Crippen molar-refractivity contribution in [3.8, 4) is 0 Å². The molecule has 0 aliphatic carbocycles. The largest absolute Gasteiger partial charge is 0.480 e. The third-order valence-electron chi connectivity index (χ3n) is 4.03. The molecule has 2 rings (SSSR count). The molecule has 1 heterocycles. The van der Waals surface area contributed by atoms with Gasteiger partial charge in [0, 0.05) is 18.3 Å². The Morgan fingerprint density at radius 2 is 1.89 bits per heavy atom. The second-order valence-corrected chi connectivity index (χ2v) is 6.61. The predicted molar refractivity (Wildman–Crippen MR) is 100 cm³/mol. The van der Waals surface area contributed by atoms with Gasteiger partial charge < -0.3 is 25.5 Å². The molecule has 0 radical (unpaired) electrons. The molecule has 0 aliphatic rings. The number of aromatic amines is 1. The summed E-state index contributed by atoms with van der Waals surface area (Å²) in [4.78, 5) is 42.9. The molecule has 2 atom stereocenters. The van der Waals surface area contributed by atoms with Gasteiger partial charge in [0.25, 0.3) is 0 Å². The number of rotatable bonds is 9. The molecule has 2 aromatic rings. The van der Waals surface area contributed by atoms with Gasteiger partial charge in [-0.1, -0.05) is 44.2 Å². The number of hydrogen-bond acceptors (Lipinski definition) is 5. The van der Waals surface area contributed by atoms with Crippen LogP contribution in [0.1, 0.15) is 25.1 Å². The lowest BCUT2D eigenvalue weighted by Crippen LogP contribution is -2.54. The average molecular weight is 388 g/mol. The van der Waals surface area contributed by atoms with Crippen LogP contribution >= 0.6 is 0 Å². The molecule has 0 aliphatic heterocycles. The van der Waals surface area contributed by atoms with E-state index in [1.807, 2.05) is 30.3 Å². The Balaban J connectivity index is 2.02. The van der Waals surface area contributed by atoms with Gasteiger partial charge in [-0.25, -0.2) is 14.6 Å². The number of hydrogen-bond donors (Lipinski definition) is 4. The number of imidazole rings is 1. The third-order valence-corrected chi connectivity index (χ3v) is 4.03. The highest BCUT2D eigenvalue weighted by Crippen LogP contribution is 2.06. The van der Waals surface area contributed by atoms with Crippen molar-refractivity contribution in [2.75, 3.05) is 0 Å². The number of ether oxygens (including phenoxy) is 1. The van der Waals surface area contributed by atoms with Gasteiger partial charge in [-0.15, -0.1) is 0 Å². The Kier molecular flexibility index (Phi) is 7.55. The number of carboxylic acids is 1. The van der Waals surface area contributed by atoms with E-state index in [-0.39, 0.29) is 18.9 Å². The molecule has 0 bridgehead atoms. The molecule has 150 valence electrons. The summed E-state index contributed by atoms with van der Waals surface area (Å²) in [6.07, 6.45) is 2.30. The third kappa shape index (κ3) is 6.42. The number of alkyl carbamates (subject to hydrolysis) is 1. The first-order chi connectivity index (χ1) is 13.4. The molecule has 4 N–H and O–H groups in total. The fourth-order valence-electron chi connectivity index (χ4n) is 2.50. The van der Waals surface area contributed by atoms with E-state index in [2.05, 4.69) is 20.6 Å². The van der Waals surface area contributed by atoms with Crippen LogP contribution < -0.4 is 10.6 Å². The summed E-state index contributed by atoms with van der Waals surface area (Å²) in [5.74, 6) is -2.08. The molecule has 28 heavy (non-hydrogen) atoms. The zero-order chi connectivity index (χ0) is 20.5. The van der Waals surface area contributed by atoms with Gasteiger partial charge in [0.2, 0.25) is 5.91 Å². The molecule has 0 saturated carbocycles. The molecule has 0 saturated heterocycles. The number of nitrogens with one attached hydrogen (secondary N) is 3. The van der Waals surface area contributed by atoms with E-state index in [1.54, 1.807) is 13.8 Å². The lowest BCUT2D eigenvalue weighted by atomic mass is 10.0. The summed E-state index contributed by atoms with van der Waals surface area (Å²) in [6, 6.07) is 7.02. The van der Waals surface area contributed by atoms with Crippen molar-refractivity contribution >= 4 is 18.0 Å². The first-order valence-electron chi connectivity index (χ1n) is 8.84. The highest BCUT2D eigenvalue weighted by molar-refractivity contribution is 5.89. The Bertz CT molecular complexity index is 777. The van der Waals surface area contributed by atoms with Crippen molar-refractivity contribution < 1.29 is 24.2 Å². The van der Waals surface area contributed by atoms with E-state index >= 15 is 0 Å². The number of benzene rings is 1. The summed E-state index contributed by atoms with van der Waals surface area (Å²) in [5, 5.41) is 14.2. The Morgan fingerprint density at radius 1 is 1.18 bits per heavy atom. The SMILES string of the molecule is CC(C)[C@@H](NC(=O)[C@@H](Cc1cnc[nH]1)NC(=O)OCc1ccccc1)C(=O)O. The van der Waals surface area contributed by atoms with E-state index < -0.39 is 30.1 Å². The van der Waals surface area contributed by atoms with Crippen LogP contribution in [-0.2, 0) is 27.4 Å². The van der Waals surface area contributed by atoms with Crippen molar-refractivity contribution in [2.24, 2.45) is 5.92 Å². The topological polar surface area (TPSA) is 133 Å². The summed E-state index contributed by atoms with van der Waals surface area (Å²) >= 11 is 0. The Labute approximate surface area is 162 Å². The van der Waals surface area contributed by atoms with Gasteiger partial charge in [-0.05, 0) is 11.5 Å². The van der Waals surface area contributed by atoms with Crippen molar-refractivity contribution in [3.63, 3.8) is 0 Å². The van der Waals surface area contributed by atoms with Crippen molar-refractivity contribution in [2.45, 2.75) is 39.0 Å². The molecule has 9 nitrogen and oxygen atoms in total. The number of H-pyrrole nitrogens is 1. The number of aromatic nitrogens is 2. The van der Waals surface area contributed by atoms with Gasteiger partial charge in [0.05, 0.1) is 6.33 Å². The minimum Gasteiger partial charge on any atom is -0.480 e. The summed E-state index contributed by atoms with van der Waals surface area (Å²) in [7, 11) is 0. The molecule has 1 aromatic heterocycles. The summed E-state index contributed by atoms with van der Waals surface area (Å²) < 4.78 is 5.16. The monoisotopic (exact) mass is 388 g/mol. The average Bonchev–Trinajstić information content (AvgIpc) is 3.17. The van der Waals surface area contributed by atoms with Crippen molar-refractivity contribution in [1.82, 2.24) is 20.6 Å².